The fourth-order valence-corrected chi connectivity index (χ4v) is 3.24. The van der Waals surface area contributed by atoms with Crippen LogP contribution in [0.3, 0.4) is 0 Å². The fourth-order valence-electron chi connectivity index (χ4n) is 3.24. The molecular formula is C24H26N8. The smallest absolute Gasteiger partial charge is 0.229 e. The van der Waals surface area contributed by atoms with Gasteiger partial charge in [0.25, 0.3) is 0 Å². The summed E-state index contributed by atoms with van der Waals surface area (Å²) >= 11 is 0. The molecule has 0 saturated carbocycles. The Morgan fingerprint density at radius 3 is 2.50 bits per heavy atom. The van der Waals surface area contributed by atoms with Gasteiger partial charge in [0.2, 0.25) is 5.95 Å². The molecule has 0 aliphatic carbocycles. The summed E-state index contributed by atoms with van der Waals surface area (Å²) in [5.41, 5.74) is 4.27. The van der Waals surface area contributed by atoms with E-state index in [0.717, 1.165) is 35.4 Å². The van der Waals surface area contributed by atoms with Crippen molar-refractivity contribution in [2.75, 3.05) is 44.4 Å². The molecule has 0 aliphatic rings. The Morgan fingerprint density at radius 1 is 1.06 bits per heavy atom. The zero-order chi connectivity index (χ0) is 22.7. The minimum Gasteiger partial charge on any atom is -0.373 e. The standard InChI is InChI=1S/C24H26N8/c1-6-18-13-22(32-16-17(2)14-26-32)28-23-21(18)15-25-24(29-23)27-19-7-9-20(10-8-19)31(5)12-11-30(3)4/h1,7-10,13-16H,11-12H2,2-5H3,(H,25,27,28,29). The third-order valence-electron chi connectivity index (χ3n) is 5.10. The molecule has 4 aromatic rings. The Kier molecular flexibility index (Phi) is 6.01. The Hall–Kier alpha value is -3.96. The highest BCUT2D eigenvalue weighted by Gasteiger charge is 2.10. The maximum absolute atomic E-state index is 5.72. The van der Waals surface area contributed by atoms with E-state index in [9.17, 15) is 0 Å². The molecule has 8 nitrogen and oxygen atoms in total. The highest BCUT2D eigenvalue weighted by atomic mass is 15.3. The van der Waals surface area contributed by atoms with E-state index in [1.807, 2.05) is 31.3 Å². The summed E-state index contributed by atoms with van der Waals surface area (Å²) in [4.78, 5) is 18.1. The lowest BCUT2D eigenvalue weighted by Gasteiger charge is -2.21. The predicted molar refractivity (Wildman–Crippen MR) is 129 cm³/mol. The monoisotopic (exact) mass is 426 g/mol. The van der Waals surface area contributed by atoms with Gasteiger partial charge in [0.1, 0.15) is 0 Å². The van der Waals surface area contributed by atoms with Crippen LogP contribution < -0.4 is 10.2 Å². The van der Waals surface area contributed by atoms with Crippen LogP contribution in [-0.2, 0) is 0 Å². The molecule has 1 N–H and O–H groups in total. The van der Waals surface area contributed by atoms with Crippen LogP contribution in [0.15, 0.2) is 48.9 Å². The Morgan fingerprint density at radius 2 is 1.84 bits per heavy atom. The average Bonchev–Trinajstić information content (AvgIpc) is 3.23. The molecular weight excluding hydrogens is 400 g/mol. The number of aromatic nitrogens is 5. The minimum atomic E-state index is 0.454. The SMILES string of the molecule is C#Cc1cc(-n2cc(C)cn2)nc2nc(Nc3ccc(N(C)CCN(C)C)cc3)ncc12. The van der Waals surface area contributed by atoms with Gasteiger partial charge in [-0.2, -0.15) is 10.1 Å². The number of benzene rings is 1. The molecule has 4 rings (SSSR count). The lowest BCUT2D eigenvalue weighted by atomic mass is 10.2. The van der Waals surface area contributed by atoms with Crippen LogP contribution in [0.2, 0.25) is 0 Å². The summed E-state index contributed by atoms with van der Waals surface area (Å²) in [5, 5.41) is 8.30. The van der Waals surface area contributed by atoms with Crippen LogP contribution in [0.4, 0.5) is 17.3 Å². The van der Waals surface area contributed by atoms with Crippen LogP contribution in [0.25, 0.3) is 16.9 Å². The summed E-state index contributed by atoms with van der Waals surface area (Å²) in [6.45, 7) is 3.92. The molecule has 0 radical (unpaired) electrons. The molecule has 162 valence electrons. The first-order chi connectivity index (χ1) is 15.4. The van der Waals surface area contributed by atoms with Crippen LogP contribution >= 0.6 is 0 Å². The van der Waals surface area contributed by atoms with E-state index in [1.54, 1.807) is 17.1 Å². The third-order valence-corrected chi connectivity index (χ3v) is 5.10. The van der Waals surface area contributed by atoms with Gasteiger partial charge in [-0.25, -0.2) is 14.6 Å². The highest BCUT2D eigenvalue weighted by molar-refractivity contribution is 5.83. The van der Waals surface area contributed by atoms with Crippen LogP contribution in [0.1, 0.15) is 11.1 Å². The van der Waals surface area contributed by atoms with Gasteiger partial charge in [-0.05, 0) is 56.9 Å². The summed E-state index contributed by atoms with van der Waals surface area (Å²) < 4.78 is 1.69. The number of hydrogen-bond acceptors (Lipinski definition) is 7. The molecule has 0 saturated heterocycles. The van der Waals surface area contributed by atoms with Gasteiger partial charge in [-0.3, -0.25) is 0 Å². The number of rotatable bonds is 7. The average molecular weight is 427 g/mol. The number of anilines is 3. The molecule has 0 unspecified atom stereocenters. The van der Waals surface area contributed by atoms with Crippen molar-refractivity contribution in [3.63, 3.8) is 0 Å². The lowest BCUT2D eigenvalue weighted by molar-refractivity contribution is 0.416. The Balaban J connectivity index is 1.58. The van der Waals surface area contributed by atoms with Gasteiger partial charge in [-0.15, -0.1) is 6.42 Å². The van der Waals surface area contributed by atoms with E-state index >= 15 is 0 Å². The minimum absolute atomic E-state index is 0.454. The first kappa shape index (κ1) is 21.3. The number of nitrogens with one attached hydrogen (secondary N) is 1. The van der Waals surface area contributed by atoms with Gasteiger partial charge in [0.15, 0.2) is 11.5 Å². The van der Waals surface area contributed by atoms with Crippen molar-refractivity contribution >= 4 is 28.4 Å². The number of terminal acetylenes is 1. The molecule has 3 aromatic heterocycles. The molecule has 0 fully saturated rings. The quantitative estimate of drug-likeness (QED) is 0.455. The van der Waals surface area contributed by atoms with E-state index < -0.39 is 0 Å². The van der Waals surface area contributed by atoms with Crippen molar-refractivity contribution in [2.45, 2.75) is 6.92 Å². The largest absolute Gasteiger partial charge is 0.373 e. The number of likely N-dealkylation sites (N-methyl/N-ethyl adjacent to an activating group) is 2. The van der Waals surface area contributed by atoms with Crippen molar-refractivity contribution in [1.82, 2.24) is 29.6 Å². The van der Waals surface area contributed by atoms with Gasteiger partial charge in [-0.1, -0.05) is 5.92 Å². The van der Waals surface area contributed by atoms with Crippen LogP contribution in [0, 0.1) is 19.3 Å². The van der Waals surface area contributed by atoms with Crippen molar-refractivity contribution in [3.05, 3.63) is 60.0 Å². The topological polar surface area (TPSA) is 75.0 Å². The number of aryl methyl sites for hydroxylation is 1. The zero-order valence-electron chi connectivity index (χ0n) is 18.7. The molecule has 0 aliphatic heterocycles. The summed E-state index contributed by atoms with van der Waals surface area (Å²) in [5.74, 6) is 3.77. The Labute approximate surface area is 187 Å². The third kappa shape index (κ3) is 4.68. The molecule has 8 heteroatoms. The number of pyridine rings is 1. The van der Waals surface area contributed by atoms with Crippen molar-refractivity contribution < 1.29 is 0 Å². The highest BCUT2D eigenvalue weighted by Crippen LogP contribution is 2.22. The van der Waals surface area contributed by atoms with Gasteiger partial charge in [0.05, 0.1) is 11.6 Å². The summed E-state index contributed by atoms with van der Waals surface area (Å²) in [7, 11) is 6.24. The van der Waals surface area contributed by atoms with E-state index in [-0.39, 0.29) is 0 Å². The van der Waals surface area contributed by atoms with Gasteiger partial charge in [0, 0.05) is 49.5 Å². The maximum atomic E-state index is 5.72. The zero-order valence-corrected chi connectivity index (χ0v) is 18.7. The number of hydrogen-bond donors (Lipinski definition) is 1. The number of nitrogens with zero attached hydrogens (tertiary/aromatic N) is 7. The van der Waals surface area contributed by atoms with E-state index in [0.29, 0.717) is 23.0 Å². The second kappa shape index (κ2) is 9.04. The second-order valence-electron chi connectivity index (χ2n) is 7.96. The first-order valence-corrected chi connectivity index (χ1v) is 10.3. The lowest BCUT2D eigenvalue weighted by Crippen LogP contribution is -2.28. The molecule has 0 bridgehead atoms. The predicted octanol–water partition coefficient (Wildman–Crippen LogP) is 3.24. The summed E-state index contributed by atoms with van der Waals surface area (Å²) in [6, 6.07) is 9.99. The number of fused-ring (bicyclic) bond motifs is 1. The molecule has 0 atom stereocenters. The normalized spacial score (nSPS) is 11.0. The van der Waals surface area contributed by atoms with Gasteiger partial charge < -0.3 is 15.1 Å². The molecule has 0 spiro atoms. The van der Waals surface area contributed by atoms with E-state index in [2.05, 4.69) is 74.4 Å². The molecule has 3 heterocycles. The molecule has 0 amide bonds. The van der Waals surface area contributed by atoms with Crippen molar-refractivity contribution in [3.8, 4) is 18.2 Å². The molecule has 32 heavy (non-hydrogen) atoms. The first-order valence-electron chi connectivity index (χ1n) is 10.3. The Bertz CT molecular complexity index is 1270. The van der Waals surface area contributed by atoms with E-state index in [1.165, 1.54) is 0 Å². The van der Waals surface area contributed by atoms with E-state index in [4.69, 9.17) is 6.42 Å². The fraction of sp³-hybridized carbons (Fsp3) is 0.250. The van der Waals surface area contributed by atoms with Crippen molar-refractivity contribution in [1.29, 1.82) is 0 Å². The maximum Gasteiger partial charge on any atom is 0.229 e. The van der Waals surface area contributed by atoms with Gasteiger partial charge >= 0.3 is 0 Å². The summed E-state index contributed by atoms with van der Waals surface area (Å²) in [6.07, 6.45) is 11.1. The van der Waals surface area contributed by atoms with Crippen LogP contribution in [-0.4, -0.2) is 63.9 Å². The molecule has 1 aromatic carbocycles. The van der Waals surface area contributed by atoms with Crippen molar-refractivity contribution in [2.24, 2.45) is 0 Å². The second-order valence-corrected chi connectivity index (χ2v) is 7.96. The van der Waals surface area contributed by atoms with Crippen LogP contribution in [0.5, 0.6) is 0 Å².